The minimum atomic E-state index is 0.0201. The molecule has 2 aromatic rings. The summed E-state index contributed by atoms with van der Waals surface area (Å²) in [4.78, 5) is 16.6. The van der Waals surface area contributed by atoms with E-state index >= 15 is 0 Å². The Balaban J connectivity index is 1.66. The van der Waals surface area contributed by atoms with Gasteiger partial charge in [0, 0.05) is 11.5 Å². The summed E-state index contributed by atoms with van der Waals surface area (Å²) in [5.74, 6) is 1.64. The molecule has 1 saturated carbocycles. The fraction of sp³-hybridized carbons (Fsp3) is 0.471. The Morgan fingerprint density at radius 3 is 2.52 bits per heavy atom. The SMILES string of the molecule is O=C(Cc1nc(C2CCCCCC2)no1)c1ccccc1. The Hall–Kier alpha value is -1.97. The Bertz CT molecular complexity index is 584. The lowest BCUT2D eigenvalue weighted by atomic mass is 10.00. The molecule has 1 heterocycles. The van der Waals surface area contributed by atoms with Crippen molar-refractivity contribution in [1.29, 1.82) is 0 Å². The summed E-state index contributed by atoms with van der Waals surface area (Å²) in [5, 5.41) is 4.09. The van der Waals surface area contributed by atoms with Crippen LogP contribution in [0.3, 0.4) is 0 Å². The highest BCUT2D eigenvalue weighted by atomic mass is 16.5. The molecule has 110 valence electrons. The second kappa shape index (κ2) is 6.66. The van der Waals surface area contributed by atoms with E-state index < -0.39 is 0 Å². The van der Waals surface area contributed by atoms with Gasteiger partial charge in [0.05, 0.1) is 6.42 Å². The maximum Gasteiger partial charge on any atom is 0.234 e. The van der Waals surface area contributed by atoms with E-state index in [1.54, 1.807) is 0 Å². The second-order valence-electron chi connectivity index (χ2n) is 5.70. The standard InChI is InChI=1S/C17H20N2O2/c20-15(13-8-6-3-7-9-13)12-16-18-17(19-21-16)14-10-4-1-2-5-11-14/h3,6-9,14H,1-2,4-5,10-12H2. The van der Waals surface area contributed by atoms with Crippen molar-refractivity contribution in [3.8, 4) is 0 Å². The topological polar surface area (TPSA) is 56.0 Å². The third-order valence-corrected chi connectivity index (χ3v) is 4.11. The maximum absolute atomic E-state index is 12.1. The molecule has 1 aliphatic carbocycles. The second-order valence-corrected chi connectivity index (χ2v) is 5.70. The largest absolute Gasteiger partial charge is 0.339 e. The molecule has 0 unspecified atom stereocenters. The van der Waals surface area contributed by atoms with Crippen molar-refractivity contribution in [1.82, 2.24) is 10.1 Å². The van der Waals surface area contributed by atoms with Gasteiger partial charge in [-0.2, -0.15) is 4.98 Å². The van der Waals surface area contributed by atoms with E-state index in [1.807, 2.05) is 30.3 Å². The molecule has 4 heteroatoms. The first-order chi connectivity index (χ1) is 10.3. The molecule has 21 heavy (non-hydrogen) atoms. The molecule has 1 aromatic carbocycles. The van der Waals surface area contributed by atoms with Crippen molar-refractivity contribution in [2.24, 2.45) is 0 Å². The predicted molar refractivity (Wildman–Crippen MR) is 79.2 cm³/mol. The van der Waals surface area contributed by atoms with Crippen LogP contribution in [0.1, 0.15) is 66.5 Å². The van der Waals surface area contributed by atoms with E-state index in [2.05, 4.69) is 10.1 Å². The highest BCUT2D eigenvalue weighted by Crippen LogP contribution is 2.29. The Labute approximate surface area is 124 Å². The van der Waals surface area contributed by atoms with Gasteiger partial charge in [-0.25, -0.2) is 0 Å². The predicted octanol–water partition coefficient (Wildman–Crippen LogP) is 3.93. The first kappa shape index (κ1) is 14.0. The smallest absolute Gasteiger partial charge is 0.234 e. The number of carbonyl (C=O) groups is 1. The molecule has 0 atom stereocenters. The van der Waals surface area contributed by atoms with E-state index in [1.165, 1.54) is 25.7 Å². The summed E-state index contributed by atoms with van der Waals surface area (Å²) in [7, 11) is 0. The van der Waals surface area contributed by atoms with Crippen LogP contribution in [-0.4, -0.2) is 15.9 Å². The highest BCUT2D eigenvalue weighted by molar-refractivity contribution is 5.96. The summed E-state index contributed by atoms with van der Waals surface area (Å²) < 4.78 is 5.27. The number of benzene rings is 1. The number of aromatic nitrogens is 2. The monoisotopic (exact) mass is 284 g/mol. The van der Waals surface area contributed by atoms with Gasteiger partial charge in [0.2, 0.25) is 5.89 Å². The van der Waals surface area contributed by atoms with E-state index in [0.717, 1.165) is 18.7 Å². The zero-order valence-corrected chi connectivity index (χ0v) is 12.1. The quantitative estimate of drug-likeness (QED) is 0.630. The maximum atomic E-state index is 12.1. The molecule has 1 fully saturated rings. The third-order valence-electron chi connectivity index (χ3n) is 4.11. The van der Waals surface area contributed by atoms with Gasteiger partial charge in [0.15, 0.2) is 11.6 Å². The lowest BCUT2D eigenvalue weighted by Crippen LogP contribution is -2.04. The summed E-state index contributed by atoms with van der Waals surface area (Å²) >= 11 is 0. The van der Waals surface area contributed by atoms with Crippen molar-refractivity contribution >= 4 is 5.78 Å². The van der Waals surface area contributed by atoms with Gasteiger partial charge in [-0.15, -0.1) is 0 Å². The molecule has 1 aromatic heterocycles. The molecule has 0 amide bonds. The van der Waals surface area contributed by atoms with Gasteiger partial charge in [0.1, 0.15) is 0 Å². The van der Waals surface area contributed by atoms with E-state index in [9.17, 15) is 4.79 Å². The molecule has 0 bridgehead atoms. The summed E-state index contributed by atoms with van der Waals surface area (Å²) in [6.07, 6.45) is 7.51. The van der Waals surface area contributed by atoms with Crippen molar-refractivity contribution in [2.75, 3.05) is 0 Å². The van der Waals surface area contributed by atoms with Crippen LogP contribution < -0.4 is 0 Å². The minimum Gasteiger partial charge on any atom is -0.339 e. The third kappa shape index (κ3) is 3.57. The lowest BCUT2D eigenvalue weighted by molar-refractivity contribution is 0.0983. The van der Waals surface area contributed by atoms with Crippen molar-refractivity contribution in [2.45, 2.75) is 50.9 Å². The van der Waals surface area contributed by atoms with Crippen LogP contribution in [0.2, 0.25) is 0 Å². The number of carbonyl (C=O) groups excluding carboxylic acids is 1. The fourth-order valence-corrected chi connectivity index (χ4v) is 2.91. The number of hydrogen-bond donors (Lipinski definition) is 0. The van der Waals surface area contributed by atoms with Crippen molar-refractivity contribution < 1.29 is 9.32 Å². The van der Waals surface area contributed by atoms with Crippen molar-refractivity contribution in [3.63, 3.8) is 0 Å². The minimum absolute atomic E-state index is 0.0201. The van der Waals surface area contributed by atoms with Crippen LogP contribution >= 0.6 is 0 Å². The Morgan fingerprint density at radius 1 is 1.10 bits per heavy atom. The van der Waals surface area contributed by atoms with Gasteiger partial charge in [-0.1, -0.05) is 61.2 Å². The molecule has 3 rings (SSSR count). The van der Waals surface area contributed by atoms with Crippen LogP contribution in [-0.2, 0) is 6.42 Å². The van der Waals surface area contributed by atoms with Crippen molar-refractivity contribution in [3.05, 3.63) is 47.6 Å². The van der Waals surface area contributed by atoms with Gasteiger partial charge in [-0.05, 0) is 12.8 Å². The van der Waals surface area contributed by atoms with Gasteiger partial charge < -0.3 is 4.52 Å². The zero-order valence-electron chi connectivity index (χ0n) is 12.1. The molecule has 0 saturated heterocycles. The van der Waals surface area contributed by atoms with E-state index in [0.29, 0.717) is 17.4 Å². The normalized spacial score (nSPS) is 16.6. The van der Waals surface area contributed by atoms with Crippen LogP contribution in [0, 0.1) is 0 Å². The number of hydrogen-bond acceptors (Lipinski definition) is 4. The van der Waals surface area contributed by atoms with E-state index in [4.69, 9.17) is 4.52 Å². The van der Waals surface area contributed by atoms with Crippen LogP contribution in [0.25, 0.3) is 0 Å². The summed E-state index contributed by atoms with van der Waals surface area (Å²) in [5.41, 5.74) is 0.687. The number of Topliss-reactive ketones (excluding diaryl/α,β-unsaturated/α-hetero) is 1. The molecule has 0 radical (unpaired) electrons. The highest BCUT2D eigenvalue weighted by Gasteiger charge is 2.21. The summed E-state index contributed by atoms with van der Waals surface area (Å²) in [6.45, 7) is 0. The molecular weight excluding hydrogens is 264 g/mol. The van der Waals surface area contributed by atoms with Crippen LogP contribution in [0.5, 0.6) is 0 Å². The average Bonchev–Trinajstić information content (AvgIpc) is 2.81. The molecule has 0 spiro atoms. The van der Waals surface area contributed by atoms with Crippen LogP contribution in [0.4, 0.5) is 0 Å². The molecular formula is C17H20N2O2. The van der Waals surface area contributed by atoms with Gasteiger partial charge in [0.25, 0.3) is 0 Å². The van der Waals surface area contributed by atoms with Gasteiger partial charge in [-0.3, -0.25) is 4.79 Å². The van der Waals surface area contributed by atoms with Gasteiger partial charge >= 0.3 is 0 Å². The molecule has 0 N–H and O–H groups in total. The zero-order chi connectivity index (χ0) is 14.5. The van der Waals surface area contributed by atoms with Crippen LogP contribution in [0.15, 0.2) is 34.9 Å². The number of rotatable bonds is 4. The molecule has 0 aliphatic heterocycles. The first-order valence-corrected chi connectivity index (χ1v) is 7.73. The lowest BCUT2D eigenvalue weighted by Gasteiger charge is -2.07. The van der Waals surface area contributed by atoms with E-state index in [-0.39, 0.29) is 12.2 Å². The Kier molecular flexibility index (Phi) is 4.43. The summed E-state index contributed by atoms with van der Waals surface area (Å²) in [6, 6.07) is 9.24. The average molecular weight is 284 g/mol. The number of ketones is 1. The fourth-order valence-electron chi connectivity index (χ4n) is 2.91. The molecule has 4 nitrogen and oxygen atoms in total. The first-order valence-electron chi connectivity index (χ1n) is 7.73. The Morgan fingerprint density at radius 2 is 1.81 bits per heavy atom. The number of nitrogens with zero attached hydrogens (tertiary/aromatic N) is 2. The molecule has 1 aliphatic rings.